The highest BCUT2D eigenvalue weighted by molar-refractivity contribution is 5.91. The van der Waals surface area contributed by atoms with Gasteiger partial charge in [0.15, 0.2) is 0 Å². The molecule has 1 heterocycles. The summed E-state index contributed by atoms with van der Waals surface area (Å²) >= 11 is 0. The lowest BCUT2D eigenvalue weighted by Crippen LogP contribution is -2.56. The number of likely N-dealkylation sites (tertiary alicyclic amines) is 1. The monoisotopic (exact) mass is 659 g/mol. The molecule has 3 N–H and O–H groups in total. The maximum atomic E-state index is 13.9. The molecule has 0 bridgehead atoms. The Labute approximate surface area is 280 Å². The normalized spacial score (nSPS) is 19.7. The van der Waals surface area contributed by atoms with Crippen LogP contribution in [0.1, 0.15) is 66.7 Å². The van der Waals surface area contributed by atoms with E-state index in [0.717, 1.165) is 19.3 Å². The first kappa shape index (κ1) is 39.7. The van der Waals surface area contributed by atoms with Crippen molar-refractivity contribution in [3.63, 3.8) is 0 Å². The molecule has 6 atom stereocenters. The molecule has 47 heavy (non-hydrogen) atoms. The minimum absolute atomic E-state index is 0.0179. The van der Waals surface area contributed by atoms with Crippen molar-refractivity contribution in [2.24, 2.45) is 17.8 Å². The van der Waals surface area contributed by atoms with Crippen LogP contribution in [0.15, 0.2) is 36.5 Å². The molecule has 0 aromatic rings. The lowest BCUT2D eigenvalue weighted by atomic mass is 9.90. The number of nitrogens with one attached hydrogen (secondary N) is 3. The Morgan fingerprint density at radius 3 is 2.28 bits per heavy atom. The molecule has 0 aromatic heterocycles. The van der Waals surface area contributed by atoms with Crippen LogP contribution >= 0.6 is 0 Å². The van der Waals surface area contributed by atoms with Crippen molar-refractivity contribution >= 4 is 30.0 Å². The SMILES string of the molecule is CCC(C)C(C(CC(=O)N1CCCC1C(OC)C(C)C(=O)NCCC1C=CC=CC=C1)OC)N(C)C(=O)CNC(=O)C(C)(C)NC=O. The van der Waals surface area contributed by atoms with Crippen molar-refractivity contribution in [3.05, 3.63) is 36.5 Å². The van der Waals surface area contributed by atoms with Gasteiger partial charge in [-0.15, -0.1) is 0 Å². The summed E-state index contributed by atoms with van der Waals surface area (Å²) < 4.78 is 11.7. The second-order valence-corrected chi connectivity index (χ2v) is 13.1. The molecule has 1 aliphatic carbocycles. The second-order valence-electron chi connectivity index (χ2n) is 13.1. The van der Waals surface area contributed by atoms with E-state index in [1.54, 1.807) is 37.8 Å². The summed E-state index contributed by atoms with van der Waals surface area (Å²) in [6.07, 6.45) is 14.6. The molecule has 1 fully saturated rings. The summed E-state index contributed by atoms with van der Waals surface area (Å²) in [6.45, 7) is 9.73. The largest absolute Gasteiger partial charge is 0.379 e. The third kappa shape index (κ3) is 11.3. The van der Waals surface area contributed by atoms with Crippen molar-refractivity contribution in [2.75, 3.05) is 40.9 Å². The van der Waals surface area contributed by atoms with Crippen molar-refractivity contribution in [1.82, 2.24) is 25.8 Å². The molecule has 12 nitrogen and oxygen atoms in total. The van der Waals surface area contributed by atoms with Crippen LogP contribution in [0.4, 0.5) is 0 Å². The fourth-order valence-electron chi connectivity index (χ4n) is 6.36. The van der Waals surface area contributed by atoms with Gasteiger partial charge in [-0.1, -0.05) is 63.6 Å². The third-order valence-electron chi connectivity index (χ3n) is 9.52. The Kier molecular flexibility index (Phi) is 16.3. The number of amides is 5. The summed E-state index contributed by atoms with van der Waals surface area (Å²) in [4.78, 5) is 67.1. The minimum Gasteiger partial charge on any atom is -0.379 e. The van der Waals surface area contributed by atoms with Gasteiger partial charge in [0.1, 0.15) is 5.54 Å². The summed E-state index contributed by atoms with van der Waals surface area (Å²) in [6, 6.07) is -0.720. The van der Waals surface area contributed by atoms with E-state index in [1.807, 2.05) is 45.1 Å². The van der Waals surface area contributed by atoms with Crippen LogP contribution in [0, 0.1) is 17.8 Å². The molecule has 5 amide bonds. The fourth-order valence-corrected chi connectivity index (χ4v) is 6.36. The van der Waals surface area contributed by atoms with Gasteiger partial charge in [0, 0.05) is 34.4 Å². The van der Waals surface area contributed by atoms with Crippen LogP contribution in [-0.2, 0) is 33.4 Å². The van der Waals surface area contributed by atoms with Gasteiger partial charge in [0.05, 0.1) is 43.2 Å². The van der Waals surface area contributed by atoms with Gasteiger partial charge in [-0.3, -0.25) is 24.0 Å². The van der Waals surface area contributed by atoms with E-state index in [-0.39, 0.29) is 48.6 Å². The molecule has 12 heteroatoms. The highest BCUT2D eigenvalue weighted by Gasteiger charge is 2.42. The van der Waals surface area contributed by atoms with Gasteiger partial charge < -0.3 is 35.2 Å². The van der Waals surface area contributed by atoms with Crippen molar-refractivity contribution < 1.29 is 33.4 Å². The molecule has 6 unspecified atom stereocenters. The molecule has 0 aromatic carbocycles. The predicted molar refractivity (Wildman–Crippen MR) is 181 cm³/mol. The lowest BCUT2D eigenvalue weighted by Gasteiger charge is -2.39. The van der Waals surface area contributed by atoms with Crippen LogP contribution in [0.5, 0.6) is 0 Å². The Bertz CT molecular complexity index is 1140. The highest BCUT2D eigenvalue weighted by atomic mass is 16.5. The maximum absolute atomic E-state index is 13.9. The van der Waals surface area contributed by atoms with E-state index in [2.05, 4.69) is 28.1 Å². The minimum atomic E-state index is -1.18. The zero-order chi connectivity index (χ0) is 35.1. The molecule has 0 radical (unpaired) electrons. The maximum Gasteiger partial charge on any atom is 0.245 e. The molecule has 0 spiro atoms. The Morgan fingerprint density at radius 1 is 1.04 bits per heavy atom. The molecule has 1 saturated heterocycles. The van der Waals surface area contributed by atoms with E-state index in [9.17, 15) is 24.0 Å². The fraction of sp³-hybridized carbons (Fsp3) is 0.686. The average molecular weight is 660 g/mol. The number of allylic oxidation sites excluding steroid dienone is 6. The standard InChI is InChI=1S/C35H57N5O7/c1-9-24(2)31(39(6)30(43)22-37-34(45)35(4,5)38-23-41)28(46-7)21-29(42)40-20-14-17-27(40)32(47-8)25(3)33(44)36-19-18-26-15-12-10-11-13-16-26/h10-13,15-16,23-28,31-32H,9,14,17-22H2,1-8H3,(H,36,44)(H,37,45)(H,38,41). The number of likely N-dealkylation sites (N-methyl/N-ethyl adjacent to an activating group) is 1. The highest BCUT2D eigenvalue weighted by Crippen LogP contribution is 2.29. The first-order valence-electron chi connectivity index (χ1n) is 16.7. The predicted octanol–water partition coefficient (Wildman–Crippen LogP) is 2.35. The van der Waals surface area contributed by atoms with Crippen LogP contribution in [-0.4, -0.2) is 111 Å². The summed E-state index contributed by atoms with van der Waals surface area (Å²) in [7, 11) is 4.76. The van der Waals surface area contributed by atoms with E-state index < -0.39 is 35.6 Å². The number of methoxy groups -OCH3 is 2. The van der Waals surface area contributed by atoms with Gasteiger partial charge in [0.2, 0.25) is 30.0 Å². The van der Waals surface area contributed by atoms with Crippen LogP contribution in [0.3, 0.4) is 0 Å². The van der Waals surface area contributed by atoms with Crippen LogP contribution < -0.4 is 16.0 Å². The number of carbonyl (C=O) groups excluding carboxylic acids is 5. The zero-order valence-corrected chi connectivity index (χ0v) is 29.5. The summed E-state index contributed by atoms with van der Waals surface area (Å²) in [5.74, 6) is -1.32. The first-order chi connectivity index (χ1) is 22.3. The molecule has 2 rings (SSSR count). The molecule has 0 saturated carbocycles. The number of carbonyl (C=O) groups is 5. The number of hydrogen-bond donors (Lipinski definition) is 3. The van der Waals surface area contributed by atoms with Crippen molar-refractivity contribution in [1.29, 1.82) is 0 Å². The lowest BCUT2D eigenvalue weighted by molar-refractivity contribution is -0.146. The Balaban J connectivity index is 2.08. The van der Waals surface area contributed by atoms with Gasteiger partial charge in [-0.2, -0.15) is 0 Å². The van der Waals surface area contributed by atoms with E-state index in [0.29, 0.717) is 25.9 Å². The smallest absolute Gasteiger partial charge is 0.245 e. The van der Waals surface area contributed by atoms with E-state index >= 15 is 0 Å². The molecule has 1 aliphatic heterocycles. The number of hydrogen-bond acceptors (Lipinski definition) is 7. The van der Waals surface area contributed by atoms with Gasteiger partial charge >= 0.3 is 0 Å². The van der Waals surface area contributed by atoms with Gasteiger partial charge in [-0.05, 0) is 44.9 Å². The average Bonchev–Trinajstić information content (AvgIpc) is 3.38. The van der Waals surface area contributed by atoms with E-state index in [4.69, 9.17) is 9.47 Å². The van der Waals surface area contributed by atoms with Crippen LogP contribution in [0.2, 0.25) is 0 Å². The molecule has 264 valence electrons. The number of nitrogens with zero attached hydrogens (tertiary/aromatic N) is 2. The summed E-state index contributed by atoms with van der Waals surface area (Å²) in [5, 5.41) is 8.08. The van der Waals surface area contributed by atoms with Gasteiger partial charge in [0.25, 0.3) is 0 Å². The molecule has 2 aliphatic rings. The number of ether oxygens (including phenoxy) is 2. The van der Waals surface area contributed by atoms with Crippen molar-refractivity contribution in [3.8, 4) is 0 Å². The Hall–Kier alpha value is -3.51. The number of rotatable bonds is 19. The summed E-state index contributed by atoms with van der Waals surface area (Å²) in [5.41, 5.74) is -1.18. The third-order valence-corrected chi connectivity index (χ3v) is 9.52. The van der Waals surface area contributed by atoms with E-state index in [1.165, 1.54) is 7.11 Å². The second kappa shape index (κ2) is 19.3. The van der Waals surface area contributed by atoms with Crippen LogP contribution in [0.25, 0.3) is 0 Å². The Morgan fingerprint density at radius 2 is 1.70 bits per heavy atom. The topological polar surface area (TPSA) is 146 Å². The van der Waals surface area contributed by atoms with Crippen molar-refractivity contribution in [2.45, 2.75) is 96.6 Å². The zero-order valence-electron chi connectivity index (χ0n) is 29.5. The quantitative estimate of drug-likeness (QED) is 0.181. The first-order valence-corrected chi connectivity index (χ1v) is 16.7. The molecular weight excluding hydrogens is 602 g/mol. The molecular formula is C35H57N5O7. The van der Waals surface area contributed by atoms with Gasteiger partial charge in [-0.25, -0.2) is 0 Å².